The standard InChI is InChI=1S/C17H28N2O/c1-4-7-11-14-18-17(20)16(19(5-2)6-3)15-12-9-8-10-13-15/h8-10,12-13,16H,4-7,11,14H2,1-3H3,(H,18,20). The molecule has 0 spiro atoms. The van der Waals surface area contributed by atoms with Crippen molar-refractivity contribution in [1.29, 1.82) is 0 Å². The first-order chi connectivity index (χ1) is 9.74. The molecule has 1 unspecified atom stereocenters. The van der Waals surface area contributed by atoms with Crippen molar-refractivity contribution in [3.63, 3.8) is 0 Å². The third-order valence-electron chi connectivity index (χ3n) is 3.62. The summed E-state index contributed by atoms with van der Waals surface area (Å²) in [5.41, 5.74) is 1.07. The van der Waals surface area contributed by atoms with Crippen molar-refractivity contribution in [3.8, 4) is 0 Å². The second kappa shape index (κ2) is 9.54. The van der Waals surface area contributed by atoms with Crippen LogP contribution in [-0.2, 0) is 4.79 Å². The summed E-state index contributed by atoms with van der Waals surface area (Å²) in [5, 5.41) is 3.08. The predicted molar refractivity (Wildman–Crippen MR) is 84.6 cm³/mol. The minimum absolute atomic E-state index is 0.121. The Labute approximate surface area is 123 Å². The van der Waals surface area contributed by atoms with Crippen LogP contribution in [0.2, 0.25) is 0 Å². The number of likely N-dealkylation sites (N-methyl/N-ethyl adjacent to an activating group) is 1. The van der Waals surface area contributed by atoms with Gasteiger partial charge < -0.3 is 5.32 Å². The van der Waals surface area contributed by atoms with Gasteiger partial charge in [-0.1, -0.05) is 63.9 Å². The zero-order valence-electron chi connectivity index (χ0n) is 13.1. The summed E-state index contributed by atoms with van der Waals surface area (Å²) in [7, 11) is 0. The number of carbonyl (C=O) groups excluding carboxylic acids is 1. The van der Waals surface area contributed by atoms with Crippen LogP contribution < -0.4 is 5.32 Å². The Bertz CT molecular complexity index is 374. The van der Waals surface area contributed by atoms with Crippen LogP contribution in [0.15, 0.2) is 30.3 Å². The second-order valence-corrected chi connectivity index (χ2v) is 5.03. The van der Waals surface area contributed by atoms with Gasteiger partial charge >= 0.3 is 0 Å². The molecule has 0 aliphatic carbocycles. The van der Waals surface area contributed by atoms with E-state index in [9.17, 15) is 4.79 Å². The van der Waals surface area contributed by atoms with Crippen LogP contribution in [-0.4, -0.2) is 30.4 Å². The van der Waals surface area contributed by atoms with Gasteiger partial charge in [0.1, 0.15) is 6.04 Å². The third-order valence-corrected chi connectivity index (χ3v) is 3.62. The largest absolute Gasteiger partial charge is 0.354 e. The van der Waals surface area contributed by atoms with Gasteiger partial charge in [0, 0.05) is 6.54 Å². The molecule has 1 aromatic rings. The molecular weight excluding hydrogens is 248 g/mol. The molecule has 112 valence electrons. The van der Waals surface area contributed by atoms with Crippen molar-refractivity contribution in [2.45, 2.75) is 46.1 Å². The van der Waals surface area contributed by atoms with Crippen LogP contribution in [0.25, 0.3) is 0 Å². The third kappa shape index (κ3) is 4.97. The molecule has 0 aliphatic heterocycles. The minimum atomic E-state index is -0.173. The van der Waals surface area contributed by atoms with Gasteiger partial charge in [-0.25, -0.2) is 0 Å². The molecule has 1 N–H and O–H groups in total. The lowest BCUT2D eigenvalue weighted by atomic mass is 10.0. The Balaban J connectivity index is 2.74. The van der Waals surface area contributed by atoms with Crippen molar-refractivity contribution in [2.75, 3.05) is 19.6 Å². The van der Waals surface area contributed by atoms with Crippen LogP contribution in [0.5, 0.6) is 0 Å². The zero-order chi connectivity index (χ0) is 14.8. The lowest BCUT2D eigenvalue weighted by molar-refractivity contribution is -0.126. The number of amides is 1. The van der Waals surface area contributed by atoms with Crippen molar-refractivity contribution in [2.24, 2.45) is 0 Å². The molecule has 0 bridgehead atoms. The lowest BCUT2D eigenvalue weighted by Gasteiger charge is -2.29. The molecule has 0 saturated heterocycles. The van der Waals surface area contributed by atoms with Crippen molar-refractivity contribution < 1.29 is 4.79 Å². The summed E-state index contributed by atoms with van der Waals surface area (Å²) < 4.78 is 0. The normalized spacial score (nSPS) is 12.4. The molecule has 1 aromatic carbocycles. The van der Waals surface area contributed by atoms with Crippen molar-refractivity contribution in [1.82, 2.24) is 10.2 Å². The van der Waals surface area contributed by atoms with Gasteiger partial charge in [-0.3, -0.25) is 9.69 Å². The summed E-state index contributed by atoms with van der Waals surface area (Å²) in [6.07, 6.45) is 3.40. The van der Waals surface area contributed by atoms with Gasteiger partial charge in [-0.05, 0) is 25.1 Å². The van der Waals surface area contributed by atoms with Crippen LogP contribution in [0, 0.1) is 0 Å². The predicted octanol–water partition coefficient (Wildman–Crippen LogP) is 3.38. The first-order valence-corrected chi connectivity index (χ1v) is 7.81. The van der Waals surface area contributed by atoms with Gasteiger partial charge in [0.05, 0.1) is 0 Å². The van der Waals surface area contributed by atoms with Gasteiger partial charge in [0.25, 0.3) is 0 Å². The Kier molecular flexibility index (Phi) is 7.97. The average molecular weight is 276 g/mol. The van der Waals surface area contributed by atoms with E-state index in [2.05, 4.69) is 31.0 Å². The molecule has 0 aromatic heterocycles. The van der Waals surface area contributed by atoms with Crippen molar-refractivity contribution >= 4 is 5.91 Å². The molecule has 0 heterocycles. The fourth-order valence-electron chi connectivity index (χ4n) is 2.44. The number of rotatable bonds is 9. The monoisotopic (exact) mass is 276 g/mol. The molecule has 0 saturated carbocycles. The van der Waals surface area contributed by atoms with E-state index in [0.717, 1.165) is 31.6 Å². The zero-order valence-corrected chi connectivity index (χ0v) is 13.1. The molecule has 1 amide bonds. The Morgan fingerprint density at radius 3 is 2.30 bits per heavy atom. The van der Waals surface area contributed by atoms with Gasteiger partial charge in [-0.15, -0.1) is 0 Å². The van der Waals surface area contributed by atoms with Gasteiger partial charge in [-0.2, -0.15) is 0 Å². The molecule has 0 aliphatic rings. The Hall–Kier alpha value is -1.35. The summed E-state index contributed by atoms with van der Waals surface area (Å²) in [4.78, 5) is 14.7. The molecule has 0 radical (unpaired) electrons. The number of nitrogens with one attached hydrogen (secondary N) is 1. The second-order valence-electron chi connectivity index (χ2n) is 5.03. The minimum Gasteiger partial charge on any atom is -0.354 e. The topological polar surface area (TPSA) is 32.3 Å². The number of hydrogen-bond donors (Lipinski definition) is 1. The van der Waals surface area contributed by atoms with E-state index in [0.29, 0.717) is 0 Å². The lowest BCUT2D eigenvalue weighted by Crippen LogP contribution is -2.40. The van der Waals surface area contributed by atoms with E-state index in [4.69, 9.17) is 0 Å². The Morgan fingerprint density at radius 1 is 1.10 bits per heavy atom. The molecular formula is C17H28N2O. The summed E-state index contributed by atoms with van der Waals surface area (Å²) in [6.45, 7) is 8.90. The number of nitrogens with zero attached hydrogens (tertiary/aromatic N) is 1. The van der Waals surface area contributed by atoms with E-state index < -0.39 is 0 Å². The quantitative estimate of drug-likeness (QED) is 0.701. The van der Waals surface area contributed by atoms with E-state index in [-0.39, 0.29) is 11.9 Å². The molecule has 0 fully saturated rings. The molecule has 1 atom stereocenters. The highest BCUT2D eigenvalue weighted by Gasteiger charge is 2.25. The fraction of sp³-hybridized carbons (Fsp3) is 0.588. The number of hydrogen-bond acceptors (Lipinski definition) is 2. The molecule has 1 rings (SSSR count). The number of unbranched alkanes of at least 4 members (excludes halogenated alkanes) is 2. The van der Waals surface area contributed by atoms with E-state index in [1.165, 1.54) is 12.8 Å². The number of benzene rings is 1. The van der Waals surface area contributed by atoms with Crippen LogP contribution in [0.1, 0.15) is 51.6 Å². The highest BCUT2D eigenvalue weighted by atomic mass is 16.2. The summed E-state index contributed by atoms with van der Waals surface area (Å²) in [6, 6.07) is 9.88. The number of carbonyl (C=O) groups is 1. The van der Waals surface area contributed by atoms with Crippen LogP contribution in [0.3, 0.4) is 0 Å². The smallest absolute Gasteiger partial charge is 0.241 e. The SMILES string of the molecule is CCCCCNC(=O)C(c1ccccc1)N(CC)CC. The fourth-order valence-corrected chi connectivity index (χ4v) is 2.44. The van der Waals surface area contributed by atoms with E-state index >= 15 is 0 Å². The van der Waals surface area contributed by atoms with Crippen LogP contribution >= 0.6 is 0 Å². The maximum atomic E-state index is 12.5. The molecule has 20 heavy (non-hydrogen) atoms. The molecule has 3 nitrogen and oxygen atoms in total. The summed E-state index contributed by atoms with van der Waals surface area (Å²) >= 11 is 0. The first kappa shape index (κ1) is 16.7. The van der Waals surface area contributed by atoms with Crippen molar-refractivity contribution in [3.05, 3.63) is 35.9 Å². The van der Waals surface area contributed by atoms with Gasteiger partial charge in [0.2, 0.25) is 5.91 Å². The highest BCUT2D eigenvalue weighted by molar-refractivity contribution is 5.83. The average Bonchev–Trinajstić information content (AvgIpc) is 2.49. The summed E-state index contributed by atoms with van der Waals surface area (Å²) in [5.74, 6) is 0.121. The highest BCUT2D eigenvalue weighted by Crippen LogP contribution is 2.20. The van der Waals surface area contributed by atoms with E-state index in [1.54, 1.807) is 0 Å². The molecule has 3 heteroatoms. The maximum absolute atomic E-state index is 12.5. The van der Waals surface area contributed by atoms with Gasteiger partial charge in [0.15, 0.2) is 0 Å². The van der Waals surface area contributed by atoms with Crippen LogP contribution in [0.4, 0.5) is 0 Å². The first-order valence-electron chi connectivity index (χ1n) is 7.81. The maximum Gasteiger partial charge on any atom is 0.241 e. The Morgan fingerprint density at radius 2 is 1.75 bits per heavy atom. The van der Waals surface area contributed by atoms with E-state index in [1.807, 2.05) is 30.3 Å².